The summed E-state index contributed by atoms with van der Waals surface area (Å²) in [6.45, 7) is 0.335. The standard InChI is InChI=1S/C16H14N2O2/c17-10-14-7-4-8-15(9-14)18-11-16(19)20-12-13-5-2-1-3-6-13/h1-9,18H,11-12H2. The van der Waals surface area contributed by atoms with Crippen molar-refractivity contribution in [3.63, 3.8) is 0 Å². The van der Waals surface area contributed by atoms with E-state index in [1.807, 2.05) is 36.4 Å². The molecule has 0 amide bonds. The largest absolute Gasteiger partial charge is 0.460 e. The summed E-state index contributed by atoms with van der Waals surface area (Å²) in [6, 6.07) is 18.5. The van der Waals surface area contributed by atoms with Gasteiger partial charge in [0.2, 0.25) is 0 Å². The molecule has 0 radical (unpaired) electrons. The van der Waals surface area contributed by atoms with E-state index in [4.69, 9.17) is 10.00 Å². The fourth-order valence-electron chi connectivity index (χ4n) is 1.66. The molecule has 0 bridgehead atoms. The van der Waals surface area contributed by atoms with Crippen LogP contribution < -0.4 is 5.32 Å². The molecule has 20 heavy (non-hydrogen) atoms. The molecule has 0 aromatic heterocycles. The smallest absolute Gasteiger partial charge is 0.325 e. The molecule has 0 unspecified atom stereocenters. The fraction of sp³-hybridized carbons (Fsp3) is 0.125. The van der Waals surface area contributed by atoms with Crippen LogP contribution in [-0.2, 0) is 16.1 Å². The summed E-state index contributed by atoms with van der Waals surface area (Å²) < 4.78 is 5.14. The first-order chi connectivity index (χ1) is 9.78. The summed E-state index contributed by atoms with van der Waals surface area (Å²) in [5.41, 5.74) is 2.22. The summed E-state index contributed by atoms with van der Waals surface area (Å²) in [7, 11) is 0. The lowest BCUT2D eigenvalue weighted by Gasteiger charge is -2.07. The number of hydrogen-bond donors (Lipinski definition) is 1. The summed E-state index contributed by atoms with van der Waals surface area (Å²) in [5.74, 6) is -0.337. The van der Waals surface area contributed by atoms with E-state index in [0.717, 1.165) is 11.3 Å². The zero-order chi connectivity index (χ0) is 14.2. The molecule has 2 aromatic rings. The first-order valence-electron chi connectivity index (χ1n) is 6.21. The number of nitrogens with zero attached hydrogens (tertiary/aromatic N) is 1. The molecule has 0 fully saturated rings. The minimum absolute atomic E-state index is 0.0711. The van der Waals surface area contributed by atoms with Gasteiger partial charge in [0.05, 0.1) is 11.6 Å². The number of nitrogens with one attached hydrogen (secondary N) is 1. The van der Waals surface area contributed by atoms with Gasteiger partial charge in [0.1, 0.15) is 13.2 Å². The van der Waals surface area contributed by atoms with Crippen LogP contribution in [-0.4, -0.2) is 12.5 Å². The van der Waals surface area contributed by atoms with Gasteiger partial charge in [-0.3, -0.25) is 4.79 Å². The average Bonchev–Trinajstić information content (AvgIpc) is 2.52. The minimum atomic E-state index is -0.337. The Morgan fingerprint density at radius 2 is 1.95 bits per heavy atom. The molecule has 0 heterocycles. The molecule has 2 aromatic carbocycles. The molecular formula is C16H14N2O2. The van der Waals surface area contributed by atoms with Gasteiger partial charge in [0, 0.05) is 5.69 Å². The normalized spacial score (nSPS) is 9.55. The van der Waals surface area contributed by atoms with Crippen molar-refractivity contribution in [2.24, 2.45) is 0 Å². The molecule has 0 aliphatic heterocycles. The van der Waals surface area contributed by atoms with E-state index < -0.39 is 0 Å². The Hall–Kier alpha value is -2.80. The quantitative estimate of drug-likeness (QED) is 0.845. The Kier molecular flexibility index (Phi) is 4.74. The van der Waals surface area contributed by atoms with Crippen molar-refractivity contribution in [2.75, 3.05) is 11.9 Å². The van der Waals surface area contributed by atoms with Crippen molar-refractivity contribution in [1.29, 1.82) is 5.26 Å². The Morgan fingerprint density at radius 3 is 2.70 bits per heavy atom. The third-order valence-corrected chi connectivity index (χ3v) is 2.67. The van der Waals surface area contributed by atoms with Gasteiger partial charge in [0.15, 0.2) is 0 Å². The predicted molar refractivity (Wildman–Crippen MR) is 75.9 cm³/mol. The molecule has 0 spiro atoms. The summed E-state index contributed by atoms with van der Waals surface area (Å²) in [5, 5.41) is 11.7. The van der Waals surface area contributed by atoms with Crippen LogP contribution in [0.2, 0.25) is 0 Å². The van der Waals surface area contributed by atoms with Crippen molar-refractivity contribution in [3.8, 4) is 6.07 Å². The van der Waals surface area contributed by atoms with Gasteiger partial charge >= 0.3 is 5.97 Å². The van der Waals surface area contributed by atoms with E-state index >= 15 is 0 Å². The van der Waals surface area contributed by atoms with Crippen LogP contribution in [0, 0.1) is 11.3 Å². The monoisotopic (exact) mass is 266 g/mol. The molecule has 0 saturated carbocycles. The lowest BCUT2D eigenvalue weighted by atomic mass is 10.2. The third kappa shape index (κ3) is 4.14. The van der Waals surface area contributed by atoms with Crippen molar-refractivity contribution in [2.45, 2.75) is 6.61 Å². The van der Waals surface area contributed by atoms with Gasteiger partial charge in [-0.1, -0.05) is 36.4 Å². The number of rotatable bonds is 5. The van der Waals surface area contributed by atoms with E-state index in [1.165, 1.54) is 0 Å². The van der Waals surface area contributed by atoms with Crippen LogP contribution in [0.5, 0.6) is 0 Å². The molecule has 4 nitrogen and oxygen atoms in total. The highest BCUT2D eigenvalue weighted by Gasteiger charge is 2.03. The highest BCUT2D eigenvalue weighted by atomic mass is 16.5. The third-order valence-electron chi connectivity index (χ3n) is 2.67. The van der Waals surface area contributed by atoms with Gasteiger partial charge in [0.25, 0.3) is 0 Å². The maximum Gasteiger partial charge on any atom is 0.325 e. The molecule has 1 N–H and O–H groups in total. The number of anilines is 1. The van der Waals surface area contributed by atoms with E-state index in [1.54, 1.807) is 24.3 Å². The summed E-state index contributed by atoms with van der Waals surface area (Å²) in [4.78, 5) is 11.6. The lowest BCUT2D eigenvalue weighted by molar-refractivity contribution is -0.142. The van der Waals surface area contributed by atoms with Gasteiger partial charge in [-0.05, 0) is 23.8 Å². The van der Waals surface area contributed by atoms with Crippen LogP contribution in [0.25, 0.3) is 0 Å². The highest BCUT2D eigenvalue weighted by Crippen LogP contribution is 2.09. The van der Waals surface area contributed by atoms with Crippen LogP contribution in [0.1, 0.15) is 11.1 Å². The Balaban J connectivity index is 1.79. The Labute approximate surface area is 117 Å². The lowest BCUT2D eigenvalue weighted by Crippen LogP contribution is -2.16. The second kappa shape index (κ2) is 6.95. The Bertz CT molecular complexity index is 618. The predicted octanol–water partition coefficient (Wildman–Crippen LogP) is 2.71. The van der Waals surface area contributed by atoms with Gasteiger partial charge in [-0.25, -0.2) is 0 Å². The van der Waals surface area contributed by atoms with Crippen LogP contribution >= 0.6 is 0 Å². The van der Waals surface area contributed by atoms with E-state index in [-0.39, 0.29) is 19.1 Å². The average molecular weight is 266 g/mol. The molecule has 0 aliphatic carbocycles. The number of esters is 1. The van der Waals surface area contributed by atoms with Crippen molar-refractivity contribution in [1.82, 2.24) is 0 Å². The fourth-order valence-corrected chi connectivity index (χ4v) is 1.66. The summed E-state index contributed by atoms with van der Waals surface area (Å²) in [6.07, 6.45) is 0. The van der Waals surface area contributed by atoms with E-state index in [9.17, 15) is 4.79 Å². The first kappa shape index (κ1) is 13.6. The summed E-state index contributed by atoms with van der Waals surface area (Å²) >= 11 is 0. The number of carbonyl (C=O) groups excluding carboxylic acids is 1. The highest BCUT2D eigenvalue weighted by molar-refractivity contribution is 5.75. The maximum absolute atomic E-state index is 11.6. The van der Waals surface area contributed by atoms with Crippen molar-refractivity contribution < 1.29 is 9.53 Å². The maximum atomic E-state index is 11.6. The molecule has 2 rings (SSSR count). The number of hydrogen-bond acceptors (Lipinski definition) is 4. The molecule has 4 heteroatoms. The SMILES string of the molecule is N#Cc1cccc(NCC(=O)OCc2ccccc2)c1. The number of carbonyl (C=O) groups is 1. The number of benzene rings is 2. The molecular weight excluding hydrogens is 252 g/mol. The van der Waals surface area contributed by atoms with Crippen LogP contribution in [0.4, 0.5) is 5.69 Å². The van der Waals surface area contributed by atoms with Crippen molar-refractivity contribution >= 4 is 11.7 Å². The topological polar surface area (TPSA) is 62.1 Å². The van der Waals surface area contributed by atoms with Gasteiger partial charge < -0.3 is 10.1 Å². The first-order valence-corrected chi connectivity index (χ1v) is 6.21. The Morgan fingerprint density at radius 1 is 1.15 bits per heavy atom. The second-order valence-electron chi connectivity index (χ2n) is 4.19. The van der Waals surface area contributed by atoms with Crippen molar-refractivity contribution in [3.05, 3.63) is 65.7 Å². The zero-order valence-corrected chi connectivity index (χ0v) is 10.9. The number of ether oxygens (including phenoxy) is 1. The molecule has 0 aliphatic rings. The molecule has 0 saturated heterocycles. The van der Waals surface area contributed by atoms with Crippen LogP contribution in [0.15, 0.2) is 54.6 Å². The second-order valence-corrected chi connectivity index (χ2v) is 4.19. The van der Waals surface area contributed by atoms with Crippen LogP contribution in [0.3, 0.4) is 0 Å². The molecule has 0 atom stereocenters. The molecule has 100 valence electrons. The minimum Gasteiger partial charge on any atom is -0.460 e. The van der Waals surface area contributed by atoms with Gasteiger partial charge in [-0.15, -0.1) is 0 Å². The van der Waals surface area contributed by atoms with E-state index in [0.29, 0.717) is 5.56 Å². The zero-order valence-electron chi connectivity index (χ0n) is 10.9. The van der Waals surface area contributed by atoms with Gasteiger partial charge in [-0.2, -0.15) is 5.26 Å². The number of nitriles is 1. The van der Waals surface area contributed by atoms with E-state index in [2.05, 4.69) is 5.32 Å².